The Morgan fingerprint density at radius 2 is 2.19 bits per heavy atom. The van der Waals surface area contributed by atoms with E-state index in [0.717, 1.165) is 12.8 Å². The molecule has 0 aliphatic carbocycles. The Bertz CT molecular complexity index is 311. The van der Waals surface area contributed by atoms with Crippen LogP contribution in [-0.4, -0.2) is 34.0 Å². The van der Waals surface area contributed by atoms with E-state index in [1.54, 1.807) is 13.0 Å². The smallest absolute Gasteiger partial charge is 0.329 e. The van der Waals surface area contributed by atoms with Gasteiger partial charge in [-0.1, -0.05) is 19.4 Å². The summed E-state index contributed by atoms with van der Waals surface area (Å²) in [6, 6.07) is 0. The third-order valence-electron chi connectivity index (χ3n) is 3.13. The van der Waals surface area contributed by atoms with Crippen LogP contribution in [0.2, 0.25) is 0 Å². The molecule has 1 fully saturated rings. The highest BCUT2D eigenvalue weighted by molar-refractivity contribution is 5.93. The van der Waals surface area contributed by atoms with Crippen LogP contribution in [0.25, 0.3) is 0 Å². The standard InChI is InChI=1S/C12H19NO3/c1-3-6-10(14)13-9-5-8-12(13,7-4-2)11(15)16/h3,6H,4-5,7-9H2,1-2H3,(H,15,16)/b6-3+. The maximum absolute atomic E-state index is 11.8. The molecule has 90 valence electrons. The lowest BCUT2D eigenvalue weighted by molar-refractivity contribution is -0.155. The summed E-state index contributed by atoms with van der Waals surface area (Å²) in [7, 11) is 0. The number of carboxylic acids is 1. The number of carbonyl (C=O) groups is 2. The zero-order valence-electron chi connectivity index (χ0n) is 9.90. The largest absolute Gasteiger partial charge is 0.479 e. The van der Waals surface area contributed by atoms with E-state index in [-0.39, 0.29) is 5.91 Å². The molecule has 1 amide bonds. The van der Waals surface area contributed by atoms with E-state index in [0.29, 0.717) is 19.4 Å². The molecule has 1 heterocycles. The average Bonchev–Trinajstić information content (AvgIpc) is 2.64. The second-order valence-electron chi connectivity index (χ2n) is 4.18. The molecule has 4 heteroatoms. The number of carbonyl (C=O) groups excluding carboxylic acids is 1. The van der Waals surface area contributed by atoms with Crippen LogP contribution in [0.4, 0.5) is 0 Å². The number of nitrogens with zero attached hydrogens (tertiary/aromatic N) is 1. The zero-order chi connectivity index (χ0) is 12.2. The average molecular weight is 225 g/mol. The summed E-state index contributed by atoms with van der Waals surface area (Å²) in [6.07, 6.45) is 5.74. The van der Waals surface area contributed by atoms with Crippen LogP contribution in [-0.2, 0) is 9.59 Å². The minimum atomic E-state index is -0.967. The van der Waals surface area contributed by atoms with Crippen molar-refractivity contribution in [3.63, 3.8) is 0 Å². The van der Waals surface area contributed by atoms with Gasteiger partial charge in [0.2, 0.25) is 5.91 Å². The third kappa shape index (κ3) is 2.10. The molecule has 16 heavy (non-hydrogen) atoms. The van der Waals surface area contributed by atoms with Crippen molar-refractivity contribution in [2.24, 2.45) is 0 Å². The Morgan fingerprint density at radius 1 is 1.50 bits per heavy atom. The van der Waals surface area contributed by atoms with E-state index in [9.17, 15) is 14.7 Å². The third-order valence-corrected chi connectivity index (χ3v) is 3.13. The van der Waals surface area contributed by atoms with E-state index < -0.39 is 11.5 Å². The van der Waals surface area contributed by atoms with Crippen LogP contribution in [0, 0.1) is 0 Å². The van der Waals surface area contributed by atoms with Crippen LogP contribution in [0.5, 0.6) is 0 Å². The van der Waals surface area contributed by atoms with E-state index in [1.165, 1.54) is 11.0 Å². The van der Waals surface area contributed by atoms with Crippen LogP contribution < -0.4 is 0 Å². The Morgan fingerprint density at radius 3 is 2.69 bits per heavy atom. The summed E-state index contributed by atoms with van der Waals surface area (Å²) < 4.78 is 0. The molecular formula is C12H19NO3. The summed E-state index contributed by atoms with van der Waals surface area (Å²) in [5, 5.41) is 9.36. The van der Waals surface area contributed by atoms with Gasteiger partial charge in [-0.05, 0) is 32.3 Å². The van der Waals surface area contributed by atoms with Gasteiger partial charge in [0.05, 0.1) is 0 Å². The molecule has 1 atom stereocenters. The van der Waals surface area contributed by atoms with Gasteiger partial charge in [0.25, 0.3) is 0 Å². The number of carboxylic acid groups (broad SMARTS) is 1. The molecule has 1 rings (SSSR count). The molecule has 1 aliphatic heterocycles. The molecule has 0 bridgehead atoms. The topological polar surface area (TPSA) is 57.6 Å². The van der Waals surface area contributed by atoms with Gasteiger partial charge in [0.15, 0.2) is 0 Å². The SMILES string of the molecule is C/C=C/C(=O)N1CCCC1(CCC)C(=O)O. The summed E-state index contributed by atoms with van der Waals surface area (Å²) in [5.41, 5.74) is -0.967. The molecule has 1 unspecified atom stereocenters. The van der Waals surface area contributed by atoms with Crippen LogP contribution in [0.3, 0.4) is 0 Å². The van der Waals surface area contributed by atoms with E-state index in [4.69, 9.17) is 0 Å². The summed E-state index contributed by atoms with van der Waals surface area (Å²) in [6.45, 7) is 4.26. The van der Waals surface area contributed by atoms with Gasteiger partial charge in [0.1, 0.15) is 5.54 Å². The van der Waals surface area contributed by atoms with Gasteiger partial charge in [-0.3, -0.25) is 4.79 Å². The molecule has 1 aliphatic rings. The first kappa shape index (κ1) is 12.7. The molecular weight excluding hydrogens is 206 g/mol. The van der Waals surface area contributed by atoms with Crippen molar-refractivity contribution in [3.05, 3.63) is 12.2 Å². The van der Waals surface area contributed by atoms with Crippen molar-refractivity contribution < 1.29 is 14.7 Å². The number of hydrogen-bond donors (Lipinski definition) is 1. The van der Waals surface area contributed by atoms with Crippen molar-refractivity contribution in [1.82, 2.24) is 4.90 Å². The number of aliphatic carboxylic acids is 1. The molecule has 0 aromatic carbocycles. The number of rotatable bonds is 4. The van der Waals surface area contributed by atoms with Crippen LogP contribution >= 0.6 is 0 Å². The molecule has 0 aromatic rings. The Labute approximate surface area is 95.9 Å². The van der Waals surface area contributed by atoms with Crippen molar-refractivity contribution >= 4 is 11.9 Å². The van der Waals surface area contributed by atoms with E-state index in [1.807, 2.05) is 6.92 Å². The predicted molar refractivity (Wildman–Crippen MR) is 61.0 cm³/mol. The van der Waals surface area contributed by atoms with Gasteiger partial charge < -0.3 is 10.0 Å². The molecule has 0 aromatic heterocycles. The van der Waals surface area contributed by atoms with Gasteiger partial charge in [0, 0.05) is 6.54 Å². The highest BCUT2D eigenvalue weighted by Gasteiger charge is 2.48. The minimum Gasteiger partial charge on any atom is -0.479 e. The molecule has 0 radical (unpaired) electrons. The Kier molecular flexibility index (Phi) is 4.10. The van der Waals surface area contributed by atoms with Crippen molar-refractivity contribution in [3.8, 4) is 0 Å². The lowest BCUT2D eigenvalue weighted by Gasteiger charge is -2.34. The van der Waals surface area contributed by atoms with Crippen LogP contribution in [0.15, 0.2) is 12.2 Å². The normalized spacial score (nSPS) is 25.2. The minimum absolute atomic E-state index is 0.184. The number of allylic oxidation sites excluding steroid dienone is 1. The monoisotopic (exact) mass is 225 g/mol. The van der Waals surface area contributed by atoms with E-state index >= 15 is 0 Å². The fourth-order valence-corrected chi connectivity index (χ4v) is 2.44. The summed E-state index contributed by atoms with van der Waals surface area (Å²) in [5.74, 6) is -1.06. The molecule has 0 spiro atoms. The molecule has 0 saturated carbocycles. The fourth-order valence-electron chi connectivity index (χ4n) is 2.44. The van der Waals surface area contributed by atoms with Gasteiger partial charge in [-0.25, -0.2) is 4.79 Å². The van der Waals surface area contributed by atoms with Gasteiger partial charge >= 0.3 is 5.97 Å². The Balaban J connectivity index is 2.97. The van der Waals surface area contributed by atoms with Crippen molar-refractivity contribution in [2.75, 3.05) is 6.54 Å². The summed E-state index contributed by atoms with van der Waals surface area (Å²) in [4.78, 5) is 24.7. The van der Waals surface area contributed by atoms with Crippen molar-refractivity contribution in [2.45, 2.75) is 45.1 Å². The predicted octanol–water partition coefficient (Wildman–Crippen LogP) is 1.81. The summed E-state index contributed by atoms with van der Waals surface area (Å²) >= 11 is 0. The quantitative estimate of drug-likeness (QED) is 0.742. The lowest BCUT2D eigenvalue weighted by atomic mass is 9.90. The second kappa shape index (κ2) is 5.14. The maximum atomic E-state index is 11.8. The first-order valence-corrected chi connectivity index (χ1v) is 5.76. The molecule has 1 saturated heterocycles. The fraction of sp³-hybridized carbons (Fsp3) is 0.667. The highest BCUT2D eigenvalue weighted by Crippen LogP contribution is 2.34. The van der Waals surface area contributed by atoms with E-state index in [2.05, 4.69) is 0 Å². The van der Waals surface area contributed by atoms with Crippen molar-refractivity contribution in [1.29, 1.82) is 0 Å². The number of hydrogen-bond acceptors (Lipinski definition) is 2. The first-order valence-electron chi connectivity index (χ1n) is 5.76. The first-order chi connectivity index (χ1) is 7.58. The van der Waals surface area contributed by atoms with Gasteiger partial charge in [-0.15, -0.1) is 0 Å². The Hall–Kier alpha value is -1.32. The molecule has 1 N–H and O–H groups in total. The maximum Gasteiger partial charge on any atom is 0.329 e. The lowest BCUT2D eigenvalue weighted by Crippen LogP contribution is -2.52. The zero-order valence-corrected chi connectivity index (χ0v) is 9.90. The number of amides is 1. The molecule has 4 nitrogen and oxygen atoms in total. The van der Waals surface area contributed by atoms with Gasteiger partial charge in [-0.2, -0.15) is 0 Å². The van der Waals surface area contributed by atoms with Crippen LogP contribution in [0.1, 0.15) is 39.5 Å². The highest BCUT2D eigenvalue weighted by atomic mass is 16.4. The number of likely N-dealkylation sites (tertiary alicyclic amines) is 1. The second-order valence-corrected chi connectivity index (χ2v) is 4.18.